The molecule has 0 aliphatic rings. The number of benzene rings is 1. The van der Waals surface area contributed by atoms with Crippen LogP contribution < -0.4 is 11.1 Å². The summed E-state index contributed by atoms with van der Waals surface area (Å²) in [6.45, 7) is 1.89. The second kappa shape index (κ2) is 6.14. The molecule has 3 heterocycles. The van der Waals surface area contributed by atoms with Gasteiger partial charge in [-0.15, -0.1) is 5.10 Å². The van der Waals surface area contributed by atoms with Crippen molar-refractivity contribution in [3.05, 3.63) is 41.1 Å². The third-order valence-corrected chi connectivity index (χ3v) is 4.70. The van der Waals surface area contributed by atoms with Gasteiger partial charge in [-0.3, -0.25) is 4.79 Å². The van der Waals surface area contributed by atoms with E-state index in [2.05, 4.69) is 20.4 Å². The predicted molar refractivity (Wildman–Crippen MR) is 98.5 cm³/mol. The fraction of sp³-hybridized carbons (Fsp3) is 0.176. The molecule has 126 valence electrons. The number of carbonyl (C=O) groups is 1. The first-order valence-corrected chi connectivity index (χ1v) is 8.85. The van der Waals surface area contributed by atoms with E-state index in [1.54, 1.807) is 15.9 Å². The molecule has 0 saturated heterocycles. The lowest BCUT2D eigenvalue weighted by molar-refractivity contribution is -0.118. The summed E-state index contributed by atoms with van der Waals surface area (Å²) in [7, 11) is 0. The van der Waals surface area contributed by atoms with Crippen LogP contribution in [0.25, 0.3) is 27.9 Å². The van der Waals surface area contributed by atoms with Gasteiger partial charge in [0.1, 0.15) is 6.04 Å². The second-order valence-corrected chi connectivity index (χ2v) is 6.42. The molecule has 4 rings (SSSR count). The molecule has 0 fully saturated rings. The summed E-state index contributed by atoms with van der Waals surface area (Å²) in [4.78, 5) is 20.9. The average molecular weight is 352 g/mol. The zero-order valence-corrected chi connectivity index (χ0v) is 14.3. The molecule has 0 spiro atoms. The summed E-state index contributed by atoms with van der Waals surface area (Å²) in [6, 6.07) is 9.17. The highest BCUT2D eigenvalue weighted by molar-refractivity contribution is 7.08. The van der Waals surface area contributed by atoms with Gasteiger partial charge in [-0.25, -0.2) is 9.97 Å². The molecule has 3 N–H and O–H groups in total. The van der Waals surface area contributed by atoms with Crippen molar-refractivity contribution < 1.29 is 4.79 Å². The molecular formula is C17H16N6OS. The van der Waals surface area contributed by atoms with E-state index in [0.29, 0.717) is 23.8 Å². The van der Waals surface area contributed by atoms with E-state index < -0.39 is 11.9 Å². The summed E-state index contributed by atoms with van der Waals surface area (Å²) in [6.07, 6.45) is 0.553. The van der Waals surface area contributed by atoms with Crippen molar-refractivity contribution in [1.29, 1.82) is 0 Å². The van der Waals surface area contributed by atoms with Gasteiger partial charge in [-0.1, -0.05) is 19.1 Å². The van der Waals surface area contributed by atoms with Crippen LogP contribution in [0, 0.1) is 0 Å². The van der Waals surface area contributed by atoms with Gasteiger partial charge in [0, 0.05) is 16.3 Å². The molecule has 1 amide bonds. The lowest BCUT2D eigenvalue weighted by Gasteiger charge is -2.15. The Morgan fingerprint density at radius 3 is 2.88 bits per heavy atom. The Labute approximate surface area is 147 Å². The van der Waals surface area contributed by atoms with Gasteiger partial charge in [-0.2, -0.15) is 15.9 Å². The summed E-state index contributed by atoms with van der Waals surface area (Å²) >= 11 is 1.59. The van der Waals surface area contributed by atoms with Crippen LogP contribution in [0.1, 0.15) is 13.3 Å². The van der Waals surface area contributed by atoms with Gasteiger partial charge in [0.15, 0.2) is 11.5 Å². The van der Waals surface area contributed by atoms with E-state index in [-0.39, 0.29) is 0 Å². The van der Waals surface area contributed by atoms with Crippen LogP contribution in [-0.2, 0) is 4.79 Å². The first-order chi connectivity index (χ1) is 12.2. The first-order valence-electron chi connectivity index (χ1n) is 7.91. The number of nitrogens with two attached hydrogens (primary N) is 1. The average Bonchev–Trinajstić information content (AvgIpc) is 3.28. The van der Waals surface area contributed by atoms with Gasteiger partial charge >= 0.3 is 0 Å². The second-order valence-electron chi connectivity index (χ2n) is 5.64. The Hall–Kier alpha value is -3.00. The number of primary amides is 1. The number of anilines is 1. The fourth-order valence-electron chi connectivity index (χ4n) is 2.69. The number of hydrogen-bond donors (Lipinski definition) is 2. The molecule has 25 heavy (non-hydrogen) atoms. The third kappa shape index (κ3) is 2.70. The number of carbonyl (C=O) groups excluding carboxylic acids is 1. The van der Waals surface area contributed by atoms with Crippen LogP contribution in [0.5, 0.6) is 0 Å². The van der Waals surface area contributed by atoms with E-state index in [1.165, 1.54) is 0 Å². The fourth-order valence-corrected chi connectivity index (χ4v) is 3.33. The molecule has 8 heteroatoms. The molecule has 0 aliphatic heterocycles. The highest BCUT2D eigenvalue weighted by Crippen LogP contribution is 2.25. The number of amides is 1. The number of hydrogen-bond acceptors (Lipinski definition) is 6. The number of para-hydroxylation sites is 1. The Balaban J connectivity index is 1.95. The van der Waals surface area contributed by atoms with Gasteiger partial charge in [0.25, 0.3) is 0 Å². The highest BCUT2D eigenvalue weighted by atomic mass is 32.1. The van der Waals surface area contributed by atoms with Gasteiger partial charge < -0.3 is 11.1 Å². The smallest absolute Gasteiger partial charge is 0.239 e. The minimum atomic E-state index is -0.523. The van der Waals surface area contributed by atoms with E-state index in [9.17, 15) is 4.79 Å². The predicted octanol–water partition coefficient (Wildman–Crippen LogP) is 2.68. The molecule has 0 aliphatic carbocycles. The number of thiophene rings is 1. The standard InChI is InChI=1S/C17H16N6OS/c1-2-12(14(18)24)19-17-20-13-6-4-3-5-11(13)16-21-15(22-23(16)17)10-7-8-25-9-10/h3-9,12H,2H2,1H3,(H2,18,24)(H,19,20). The monoisotopic (exact) mass is 352 g/mol. The summed E-state index contributed by atoms with van der Waals surface area (Å²) in [5.41, 5.74) is 7.88. The molecule has 1 unspecified atom stereocenters. The number of nitrogens with one attached hydrogen (secondary N) is 1. The quantitative estimate of drug-likeness (QED) is 0.575. The highest BCUT2D eigenvalue weighted by Gasteiger charge is 2.19. The number of rotatable bonds is 5. The Bertz CT molecular complexity index is 1060. The van der Waals surface area contributed by atoms with E-state index in [4.69, 9.17) is 5.73 Å². The van der Waals surface area contributed by atoms with Crippen LogP contribution in [0.3, 0.4) is 0 Å². The van der Waals surface area contributed by atoms with Crippen LogP contribution in [0.2, 0.25) is 0 Å². The molecule has 4 aromatic rings. The van der Waals surface area contributed by atoms with E-state index >= 15 is 0 Å². The Kier molecular flexibility index (Phi) is 3.81. The zero-order valence-electron chi connectivity index (χ0n) is 13.5. The molecule has 0 bridgehead atoms. The molecule has 1 aromatic carbocycles. The lowest BCUT2D eigenvalue weighted by atomic mass is 10.2. The van der Waals surface area contributed by atoms with Crippen molar-refractivity contribution in [2.45, 2.75) is 19.4 Å². The Morgan fingerprint density at radius 1 is 1.32 bits per heavy atom. The molecule has 7 nitrogen and oxygen atoms in total. The van der Waals surface area contributed by atoms with Crippen molar-refractivity contribution >= 4 is 39.7 Å². The van der Waals surface area contributed by atoms with E-state index in [1.807, 2.05) is 48.0 Å². The first kappa shape index (κ1) is 15.5. The van der Waals surface area contributed by atoms with Gasteiger partial charge in [-0.05, 0) is 30.0 Å². The van der Waals surface area contributed by atoms with Gasteiger partial charge in [0.05, 0.1) is 5.52 Å². The minimum absolute atomic E-state index is 0.427. The van der Waals surface area contributed by atoms with Crippen LogP contribution in [-0.4, -0.2) is 31.5 Å². The summed E-state index contributed by atoms with van der Waals surface area (Å²) in [5, 5.41) is 12.6. The van der Waals surface area contributed by atoms with Crippen LogP contribution >= 0.6 is 11.3 Å². The minimum Gasteiger partial charge on any atom is -0.368 e. The normalized spacial score (nSPS) is 12.5. The van der Waals surface area contributed by atoms with Gasteiger partial charge in [0.2, 0.25) is 11.9 Å². The van der Waals surface area contributed by atoms with E-state index in [0.717, 1.165) is 16.5 Å². The summed E-state index contributed by atoms with van der Waals surface area (Å²) < 4.78 is 1.64. The summed E-state index contributed by atoms with van der Waals surface area (Å²) in [5.74, 6) is 0.645. The molecule has 1 atom stereocenters. The molecular weight excluding hydrogens is 336 g/mol. The van der Waals surface area contributed by atoms with Crippen LogP contribution in [0.4, 0.5) is 5.95 Å². The lowest BCUT2D eigenvalue weighted by Crippen LogP contribution is -2.35. The number of fused-ring (bicyclic) bond motifs is 3. The largest absolute Gasteiger partial charge is 0.368 e. The maximum Gasteiger partial charge on any atom is 0.239 e. The van der Waals surface area contributed by atoms with Crippen molar-refractivity contribution in [3.63, 3.8) is 0 Å². The Morgan fingerprint density at radius 2 is 2.16 bits per heavy atom. The topological polar surface area (TPSA) is 98.2 Å². The van der Waals surface area contributed by atoms with Crippen molar-refractivity contribution in [2.75, 3.05) is 5.32 Å². The third-order valence-electron chi connectivity index (χ3n) is 4.01. The van der Waals surface area contributed by atoms with Crippen molar-refractivity contribution in [3.8, 4) is 11.4 Å². The zero-order chi connectivity index (χ0) is 17.4. The molecule has 0 saturated carbocycles. The van der Waals surface area contributed by atoms with Crippen LogP contribution in [0.15, 0.2) is 41.1 Å². The molecule has 0 radical (unpaired) electrons. The maximum atomic E-state index is 11.6. The van der Waals surface area contributed by atoms with Crippen molar-refractivity contribution in [1.82, 2.24) is 19.6 Å². The number of aromatic nitrogens is 4. The van der Waals surface area contributed by atoms with Crippen molar-refractivity contribution in [2.24, 2.45) is 5.73 Å². The maximum absolute atomic E-state index is 11.6. The number of nitrogens with zero attached hydrogens (tertiary/aromatic N) is 4. The molecule has 3 aromatic heterocycles. The SMILES string of the molecule is CCC(Nc1nc2ccccc2c2nc(-c3ccsc3)nn12)C(N)=O.